The molecule has 2 amide bonds. The third-order valence-corrected chi connectivity index (χ3v) is 3.38. The fourth-order valence-corrected chi connectivity index (χ4v) is 2.15. The van der Waals surface area contributed by atoms with Gasteiger partial charge in [-0.3, -0.25) is 4.84 Å². The summed E-state index contributed by atoms with van der Waals surface area (Å²) in [6, 6.07) is -0.343. The lowest BCUT2D eigenvalue weighted by Gasteiger charge is -2.34. The van der Waals surface area contributed by atoms with Crippen LogP contribution in [0, 0.1) is 11.8 Å². The molecule has 6 heteroatoms. The highest BCUT2D eigenvalue weighted by Crippen LogP contribution is 2.29. The fraction of sp³-hybridized carbons (Fsp3) is 0.818. The summed E-state index contributed by atoms with van der Waals surface area (Å²) in [6.45, 7) is 3.76. The first-order valence-corrected chi connectivity index (χ1v) is 5.90. The van der Waals surface area contributed by atoms with Gasteiger partial charge in [-0.25, -0.2) is 15.1 Å². The van der Waals surface area contributed by atoms with E-state index in [0.717, 1.165) is 12.8 Å². The molecule has 0 aromatic heterocycles. The van der Waals surface area contributed by atoms with Gasteiger partial charge in [0, 0.05) is 6.04 Å². The Balaban J connectivity index is 2.27. The van der Waals surface area contributed by atoms with Crippen molar-refractivity contribution in [3.05, 3.63) is 0 Å². The highest BCUT2D eigenvalue weighted by atomic mass is 16.7. The average Bonchev–Trinajstić information content (AvgIpc) is 2.24. The molecule has 3 atom stereocenters. The van der Waals surface area contributed by atoms with Gasteiger partial charge in [0.05, 0.1) is 0 Å². The van der Waals surface area contributed by atoms with Crippen LogP contribution in [0.25, 0.3) is 0 Å². The van der Waals surface area contributed by atoms with Gasteiger partial charge >= 0.3 is 12.0 Å². The quantitative estimate of drug-likeness (QED) is 0.647. The maximum atomic E-state index is 11.4. The Kier molecular flexibility index (Phi) is 5.21. The third kappa shape index (κ3) is 4.60. The molecular formula is C11H20N2O4. The van der Waals surface area contributed by atoms with Crippen molar-refractivity contribution in [3.63, 3.8) is 0 Å². The molecule has 6 nitrogen and oxygen atoms in total. The van der Waals surface area contributed by atoms with Crippen LogP contribution in [0.3, 0.4) is 0 Å². The van der Waals surface area contributed by atoms with E-state index in [4.69, 9.17) is 5.11 Å². The Hall–Kier alpha value is -1.30. The van der Waals surface area contributed by atoms with Crippen LogP contribution < -0.4 is 10.8 Å². The number of carboxylic acid groups (broad SMARTS) is 1. The summed E-state index contributed by atoms with van der Waals surface area (Å²) >= 11 is 0. The van der Waals surface area contributed by atoms with Crippen molar-refractivity contribution in [2.45, 2.75) is 39.2 Å². The molecule has 0 saturated heterocycles. The van der Waals surface area contributed by atoms with Crippen molar-refractivity contribution in [2.75, 3.05) is 6.61 Å². The van der Waals surface area contributed by atoms with Gasteiger partial charge in [0.2, 0.25) is 0 Å². The molecule has 1 aliphatic carbocycles. The average molecular weight is 244 g/mol. The van der Waals surface area contributed by atoms with Crippen LogP contribution in [-0.4, -0.2) is 29.8 Å². The largest absolute Gasteiger partial charge is 0.479 e. The first-order valence-electron chi connectivity index (χ1n) is 5.90. The summed E-state index contributed by atoms with van der Waals surface area (Å²) in [7, 11) is 0. The van der Waals surface area contributed by atoms with Gasteiger partial charge < -0.3 is 10.4 Å². The molecule has 0 heterocycles. The van der Waals surface area contributed by atoms with Gasteiger partial charge in [0.25, 0.3) is 0 Å². The van der Waals surface area contributed by atoms with E-state index in [0.29, 0.717) is 11.8 Å². The van der Waals surface area contributed by atoms with E-state index in [1.165, 1.54) is 6.42 Å². The fourth-order valence-electron chi connectivity index (χ4n) is 2.15. The van der Waals surface area contributed by atoms with Crippen molar-refractivity contribution in [1.82, 2.24) is 10.8 Å². The maximum absolute atomic E-state index is 11.4. The third-order valence-electron chi connectivity index (χ3n) is 3.38. The number of carbonyl (C=O) groups is 2. The molecule has 1 fully saturated rings. The molecule has 0 radical (unpaired) electrons. The number of hydrogen-bond donors (Lipinski definition) is 3. The molecule has 98 valence electrons. The minimum Gasteiger partial charge on any atom is -0.479 e. The number of urea groups is 1. The number of aliphatic carboxylic acids is 1. The van der Waals surface area contributed by atoms with E-state index in [2.05, 4.69) is 29.5 Å². The Bertz CT molecular complexity index is 283. The predicted molar refractivity (Wildman–Crippen MR) is 61.2 cm³/mol. The zero-order chi connectivity index (χ0) is 12.8. The van der Waals surface area contributed by atoms with Gasteiger partial charge in [0.15, 0.2) is 6.61 Å². The summed E-state index contributed by atoms with van der Waals surface area (Å²) in [4.78, 5) is 26.1. The van der Waals surface area contributed by atoms with E-state index >= 15 is 0 Å². The van der Waals surface area contributed by atoms with Crippen molar-refractivity contribution in [1.29, 1.82) is 0 Å². The second-order valence-electron chi connectivity index (χ2n) is 4.63. The number of carbonyl (C=O) groups excluding carboxylic acids is 1. The Morgan fingerprint density at radius 1 is 1.35 bits per heavy atom. The highest BCUT2D eigenvalue weighted by Gasteiger charge is 2.28. The zero-order valence-corrected chi connectivity index (χ0v) is 10.2. The SMILES string of the molecule is CC1CCCC(NC(=O)NOCC(=O)O)C1C. The first-order chi connectivity index (χ1) is 8.00. The molecule has 0 bridgehead atoms. The van der Waals surface area contributed by atoms with Gasteiger partial charge in [0.1, 0.15) is 0 Å². The maximum Gasteiger partial charge on any atom is 0.338 e. The monoisotopic (exact) mass is 244 g/mol. The molecule has 3 N–H and O–H groups in total. The van der Waals surface area contributed by atoms with Crippen molar-refractivity contribution in [2.24, 2.45) is 11.8 Å². The lowest BCUT2D eigenvalue weighted by molar-refractivity contribution is -0.144. The minimum absolute atomic E-state index is 0.132. The van der Waals surface area contributed by atoms with E-state index in [1.54, 1.807) is 0 Å². The van der Waals surface area contributed by atoms with Crippen LogP contribution in [0.4, 0.5) is 4.79 Å². The van der Waals surface area contributed by atoms with Crippen molar-refractivity contribution >= 4 is 12.0 Å². The number of nitrogens with one attached hydrogen (secondary N) is 2. The van der Waals surface area contributed by atoms with E-state index < -0.39 is 18.6 Å². The molecule has 0 aromatic rings. The Morgan fingerprint density at radius 2 is 2.06 bits per heavy atom. The van der Waals surface area contributed by atoms with Crippen LogP contribution in [0.5, 0.6) is 0 Å². The summed E-state index contributed by atoms with van der Waals surface area (Å²) < 4.78 is 0. The second-order valence-corrected chi connectivity index (χ2v) is 4.63. The smallest absolute Gasteiger partial charge is 0.338 e. The van der Waals surface area contributed by atoms with Crippen LogP contribution in [0.1, 0.15) is 33.1 Å². The molecule has 1 saturated carbocycles. The number of hydroxylamine groups is 1. The highest BCUT2D eigenvalue weighted by molar-refractivity contribution is 5.73. The predicted octanol–water partition coefficient (Wildman–Crippen LogP) is 1.13. The normalized spacial score (nSPS) is 28.5. The molecule has 1 rings (SSSR count). The van der Waals surface area contributed by atoms with Gasteiger partial charge in [-0.1, -0.05) is 26.7 Å². The topological polar surface area (TPSA) is 87.7 Å². The van der Waals surface area contributed by atoms with Gasteiger partial charge in [-0.05, 0) is 18.3 Å². The molecule has 3 unspecified atom stereocenters. The van der Waals surface area contributed by atoms with Crippen LogP contribution >= 0.6 is 0 Å². The molecule has 1 aliphatic rings. The summed E-state index contributed by atoms with van der Waals surface area (Å²) in [5.74, 6) is -0.104. The van der Waals surface area contributed by atoms with E-state index in [1.807, 2.05) is 0 Å². The number of carboxylic acids is 1. The number of rotatable bonds is 4. The number of hydrogen-bond acceptors (Lipinski definition) is 3. The van der Waals surface area contributed by atoms with Crippen LogP contribution in [0.15, 0.2) is 0 Å². The molecule has 17 heavy (non-hydrogen) atoms. The Morgan fingerprint density at radius 3 is 2.71 bits per heavy atom. The molecule has 0 aromatic carbocycles. The van der Waals surface area contributed by atoms with E-state index in [9.17, 15) is 9.59 Å². The van der Waals surface area contributed by atoms with Crippen molar-refractivity contribution in [3.8, 4) is 0 Å². The minimum atomic E-state index is -1.12. The summed E-state index contributed by atoms with van der Waals surface area (Å²) in [5, 5.41) is 11.1. The number of amides is 2. The van der Waals surface area contributed by atoms with Gasteiger partial charge in [-0.15, -0.1) is 0 Å². The van der Waals surface area contributed by atoms with Crippen LogP contribution in [0.2, 0.25) is 0 Å². The van der Waals surface area contributed by atoms with Crippen molar-refractivity contribution < 1.29 is 19.5 Å². The summed E-state index contributed by atoms with van der Waals surface area (Å²) in [6.07, 6.45) is 3.25. The Labute approximate surface area is 101 Å². The van der Waals surface area contributed by atoms with Crippen LogP contribution in [-0.2, 0) is 9.63 Å². The second kappa shape index (κ2) is 6.44. The molecule has 0 aliphatic heterocycles. The zero-order valence-electron chi connectivity index (χ0n) is 10.2. The lowest BCUT2D eigenvalue weighted by atomic mass is 9.78. The molecular weight excluding hydrogens is 224 g/mol. The standard InChI is InChI=1S/C11H20N2O4/c1-7-4-3-5-9(8(7)2)12-11(16)13-17-6-10(14)15/h7-9H,3-6H2,1-2H3,(H,14,15)(H2,12,13,16). The summed E-state index contributed by atoms with van der Waals surface area (Å²) in [5.41, 5.74) is 2.07. The first kappa shape index (κ1) is 13.8. The molecule has 0 spiro atoms. The lowest BCUT2D eigenvalue weighted by Crippen LogP contribution is -2.48. The van der Waals surface area contributed by atoms with Gasteiger partial charge in [-0.2, -0.15) is 0 Å². The van der Waals surface area contributed by atoms with E-state index in [-0.39, 0.29) is 6.04 Å².